The van der Waals surface area contributed by atoms with E-state index in [1.807, 2.05) is 12.1 Å². The van der Waals surface area contributed by atoms with Gasteiger partial charge in [-0.3, -0.25) is 0 Å². The van der Waals surface area contributed by atoms with Crippen molar-refractivity contribution in [2.75, 3.05) is 12.3 Å². The molecule has 1 aromatic rings. The van der Waals surface area contributed by atoms with Crippen molar-refractivity contribution in [3.8, 4) is 0 Å². The van der Waals surface area contributed by atoms with Gasteiger partial charge in [0, 0.05) is 22.9 Å². The van der Waals surface area contributed by atoms with Crippen molar-refractivity contribution in [1.29, 1.82) is 0 Å². The van der Waals surface area contributed by atoms with Gasteiger partial charge in [-0.15, -0.1) is 0 Å². The normalized spacial score (nSPS) is 21.6. The van der Waals surface area contributed by atoms with Crippen LogP contribution in [0.3, 0.4) is 0 Å². The van der Waals surface area contributed by atoms with Crippen LogP contribution in [0.2, 0.25) is 5.02 Å². The Morgan fingerprint density at radius 2 is 2.18 bits per heavy atom. The van der Waals surface area contributed by atoms with E-state index >= 15 is 0 Å². The van der Waals surface area contributed by atoms with E-state index in [9.17, 15) is 0 Å². The van der Waals surface area contributed by atoms with Gasteiger partial charge in [0.25, 0.3) is 0 Å². The van der Waals surface area contributed by atoms with E-state index < -0.39 is 0 Å². The molecule has 0 aromatic heterocycles. The van der Waals surface area contributed by atoms with Gasteiger partial charge in [-0.1, -0.05) is 30.7 Å². The Hall–Kier alpha value is -0.180. The lowest BCUT2D eigenvalue weighted by Crippen LogP contribution is -2.27. The molecule has 1 N–H and O–H groups in total. The third kappa shape index (κ3) is 3.90. The van der Waals surface area contributed by atoms with Crippen LogP contribution < -0.4 is 5.32 Å². The summed E-state index contributed by atoms with van der Waals surface area (Å²) >= 11 is 8.03. The van der Waals surface area contributed by atoms with E-state index in [-0.39, 0.29) is 0 Å². The van der Waals surface area contributed by atoms with Crippen molar-refractivity contribution < 1.29 is 0 Å². The van der Waals surface area contributed by atoms with Crippen LogP contribution in [0.15, 0.2) is 24.3 Å². The molecule has 2 atom stereocenters. The largest absolute Gasteiger partial charge is 0.309 e. The predicted octanol–water partition coefficient (Wildman–Crippen LogP) is 4.28. The maximum absolute atomic E-state index is 5.92. The molecule has 0 bridgehead atoms. The monoisotopic (exact) mass is 269 g/mol. The van der Waals surface area contributed by atoms with Crippen LogP contribution in [0.4, 0.5) is 0 Å². The second-order valence-corrected chi connectivity index (χ2v) is 6.40. The van der Waals surface area contributed by atoms with Gasteiger partial charge in [-0.25, -0.2) is 0 Å². The van der Waals surface area contributed by atoms with E-state index in [0.717, 1.165) is 23.2 Å². The lowest BCUT2D eigenvalue weighted by molar-refractivity contribution is 0.512. The third-order valence-corrected chi connectivity index (χ3v) is 4.95. The van der Waals surface area contributed by atoms with Crippen LogP contribution in [0.1, 0.15) is 37.8 Å². The number of thioether (sulfide) groups is 1. The van der Waals surface area contributed by atoms with Crippen LogP contribution in [-0.4, -0.2) is 17.5 Å². The van der Waals surface area contributed by atoms with Crippen molar-refractivity contribution in [2.45, 2.75) is 37.5 Å². The Bertz CT molecular complexity index is 333. The molecule has 1 saturated heterocycles. The van der Waals surface area contributed by atoms with Gasteiger partial charge >= 0.3 is 0 Å². The van der Waals surface area contributed by atoms with Crippen LogP contribution in [0.5, 0.6) is 0 Å². The van der Waals surface area contributed by atoms with E-state index in [1.54, 1.807) is 0 Å². The molecule has 1 heterocycles. The fraction of sp³-hybridized carbons (Fsp3) is 0.571. The quantitative estimate of drug-likeness (QED) is 0.856. The number of halogens is 1. The summed E-state index contributed by atoms with van der Waals surface area (Å²) in [4.78, 5) is 0. The Morgan fingerprint density at radius 3 is 2.76 bits per heavy atom. The summed E-state index contributed by atoms with van der Waals surface area (Å²) < 4.78 is 0. The minimum absolute atomic E-state index is 0.466. The summed E-state index contributed by atoms with van der Waals surface area (Å²) in [6.07, 6.45) is 3.88. The number of nitrogens with one attached hydrogen (secondary N) is 1. The summed E-state index contributed by atoms with van der Waals surface area (Å²) in [5.74, 6) is 1.34. The highest BCUT2D eigenvalue weighted by atomic mass is 35.5. The van der Waals surface area contributed by atoms with Crippen molar-refractivity contribution >= 4 is 23.4 Å². The first-order chi connectivity index (χ1) is 8.29. The highest BCUT2D eigenvalue weighted by Crippen LogP contribution is 2.26. The molecule has 17 heavy (non-hydrogen) atoms. The molecule has 0 radical (unpaired) electrons. The molecule has 1 nitrogen and oxygen atoms in total. The standard InChI is InChI=1S/C14H20ClNS/c1-2-14(11-5-7-12(15)8-6-11)16-10-13-4-3-9-17-13/h5-8,13-14,16H,2-4,9-10H2,1H3. The molecule has 0 amide bonds. The minimum atomic E-state index is 0.466. The molecule has 1 aromatic carbocycles. The second kappa shape index (κ2) is 6.67. The van der Waals surface area contributed by atoms with Crippen LogP contribution >= 0.6 is 23.4 Å². The first-order valence-electron chi connectivity index (χ1n) is 6.40. The highest BCUT2D eigenvalue weighted by molar-refractivity contribution is 8.00. The summed E-state index contributed by atoms with van der Waals surface area (Å²) in [6.45, 7) is 3.36. The fourth-order valence-electron chi connectivity index (χ4n) is 2.27. The minimum Gasteiger partial charge on any atom is -0.309 e. The Labute approximate surface area is 113 Å². The first-order valence-corrected chi connectivity index (χ1v) is 7.82. The van der Waals surface area contributed by atoms with Gasteiger partial charge in [0.2, 0.25) is 0 Å². The molecule has 0 aliphatic carbocycles. The van der Waals surface area contributed by atoms with E-state index in [0.29, 0.717) is 6.04 Å². The zero-order valence-electron chi connectivity index (χ0n) is 10.3. The van der Waals surface area contributed by atoms with Crippen molar-refractivity contribution in [3.63, 3.8) is 0 Å². The molecule has 2 rings (SSSR count). The van der Waals surface area contributed by atoms with Crippen molar-refractivity contribution in [1.82, 2.24) is 5.32 Å². The predicted molar refractivity (Wildman–Crippen MR) is 78.0 cm³/mol. The molecule has 1 aliphatic heterocycles. The van der Waals surface area contributed by atoms with Crippen LogP contribution in [-0.2, 0) is 0 Å². The zero-order chi connectivity index (χ0) is 12.1. The summed E-state index contributed by atoms with van der Waals surface area (Å²) in [7, 11) is 0. The van der Waals surface area contributed by atoms with Gasteiger partial charge < -0.3 is 5.32 Å². The number of rotatable bonds is 5. The maximum atomic E-state index is 5.92. The molecule has 1 fully saturated rings. The Balaban J connectivity index is 1.89. The van der Waals surface area contributed by atoms with Gasteiger partial charge in [0.15, 0.2) is 0 Å². The smallest absolute Gasteiger partial charge is 0.0406 e. The third-order valence-electron chi connectivity index (χ3n) is 3.30. The first kappa shape index (κ1) is 13.3. The zero-order valence-corrected chi connectivity index (χ0v) is 11.9. The lowest BCUT2D eigenvalue weighted by atomic mass is 10.0. The van der Waals surface area contributed by atoms with Crippen LogP contribution in [0.25, 0.3) is 0 Å². The summed E-state index contributed by atoms with van der Waals surface area (Å²) in [6, 6.07) is 8.68. The summed E-state index contributed by atoms with van der Waals surface area (Å²) in [5.41, 5.74) is 1.35. The Morgan fingerprint density at radius 1 is 1.41 bits per heavy atom. The molecule has 2 unspecified atom stereocenters. The maximum Gasteiger partial charge on any atom is 0.0406 e. The molecule has 0 saturated carbocycles. The van der Waals surface area contributed by atoms with E-state index in [1.165, 1.54) is 24.2 Å². The second-order valence-electron chi connectivity index (χ2n) is 4.56. The van der Waals surface area contributed by atoms with Gasteiger partial charge in [0.1, 0.15) is 0 Å². The summed E-state index contributed by atoms with van der Waals surface area (Å²) in [5, 5.41) is 5.31. The molecule has 1 aliphatic rings. The van der Waals surface area contributed by atoms with E-state index in [2.05, 4.69) is 36.1 Å². The number of hydrogen-bond acceptors (Lipinski definition) is 2. The molecular formula is C14H20ClNS. The Kier molecular flexibility index (Phi) is 5.20. The lowest BCUT2D eigenvalue weighted by Gasteiger charge is -2.19. The van der Waals surface area contributed by atoms with Crippen LogP contribution in [0, 0.1) is 0 Å². The fourth-order valence-corrected chi connectivity index (χ4v) is 3.61. The van der Waals surface area contributed by atoms with Gasteiger partial charge in [-0.05, 0) is 42.7 Å². The van der Waals surface area contributed by atoms with Crippen molar-refractivity contribution in [3.05, 3.63) is 34.9 Å². The molecule has 94 valence electrons. The van der Waals surface area contributed by atoms with Crippen molar-refractivity contribution in [2.24, 2.45) is 0 Å². The number of benzene rings is 1. The SMILES string of the molecule is CCC(NCC1CCCS1)c1ccc(Cl)cc1. The molecular weight excluding hydrogens is 250 g/mol. The average Bonchev–Trinajstić information content (AvgIpc) is 2.85. The molecule has 0 spiro atoms. The molecule has 3 heteroatoms. The van der Waals surface area contributed by atoms with Gasteiger partial charge in [0.05, 0.1) is 0 Å². The topological polar surface area (TPSA) is 12.0 Å². The highest BCUT2D eigenvalue weighted by Gasteiger charge is 2.17. The number of hydrogen-bond donors (Lipinski definition) is 1. The van der Waals surface area contributed by atoms with Gasteiger partial charge in [-0.2, -0.15) is 11.8 Å². The van der Waals surface area contributed by atoms with E-state index in [4.69, 9.17) is 11.6 Å². The average molecular weight is 270 g/mol.